The number of nitrogens with zero attached hydrogens (tertiary/aromatic N) is 2. The van der Waals surface area contributed by atoms with E-state index in [-0.39, 0.29) is 17.4 Å². The zero-order chi connectivity index (χ0) is 31.3. The number of halogens is 1. The summed E-state index contributed by atoms with van der Waals surface area (Å²) in [6, 6.07) is 11.7. The summed E-state index contributed by atoms with van der Waals surface area (Å²) in [4.78, 5) is 30.8. The Hall–Kier alpha value is -2.81. The van der Waals surface area contributed by atoms with E-state index in [1.54, 1.807) is 18.0 Å². The maximum atomic E-state index is 13.5. The normalized spacial score (nSPS) is 33.3. The number of aryl methyl sites for hydroxylation is 1. The molecular weight excluding hydrogens is 592 g/mol. The number of amides is 1. The van der Waals surface area contributed by atoms with Crippen molar-refractivity contribution >= 4 is 29.2 Å². The molecule has 5 aliphatic rings. The molecule has 1 saturated carbocycles. The van der Waals surface area contributed by atoms with Crippen molar-refractivity contribution in [1.29, 1.82) is 0 Å². The molecule has 2 aromatic rings. The Bertz CT molecular complexity index is 1470. The highest BCUT2D eigenvalue weighted by Crippen LogP contribution is 2.48. The van der Waals surface area contributed by atoms with E-state index in [2.05, 4.69) is 17.0 Å². The molecule has 1 saturated heterocycles. The van der Waals surface area contributed by atoms with Crippen molar-refractivity contribution in [2.45, 2.75) is 74.9 Å². The summed E-state index contributed by atoms with van der Waals surface area (Å²) in [6.07, 6.45) is 8.06. The topological polar surface area (TPSA) is 88.5 Å². The molecule has 8 nitrogen and oxygen atoms in total. The van der Waals surface area contributed by atoms with Crippen LogP contribution in [0, 0.1) is 17.8 Å². The molecule has 2 fully saturated rings. The van der Waals surface area contributed by atoms with Gasteiger partial charge in [0.25, 0.3) is 0 Å². The molecule has 3 heterocycles. The van der Waals surface area contributed by atoms with Gasteiger partial charge in [0.15, 0.2) is 5.60 Å². The molecule has 6 atom stereocenters. The summed E-state index contributed by atoms with van der Waals surface area (Å²) in [5, 5.41) is 12.7. The van der Waals surface area contributed by atoms with Crippen molar-refractivity contribution in [2.24, 2.45) is 17.8 Å². The first-order chi connectivity index (χ1) is 21.7. The lowest BCUT2D eigenvalue weighted by Gasteiger charge is -2.48. The Kier molecular flexibility index (Phi) is 8.28. The number of hydrogen-bond acceptors (Lipinski definition) is 7. The Morgan fingerprint density at radius 3 is 2.80 bits per heavy atom. The average Bonchev–Trinajstić information content (AvgIpc) is 3.18. The molecule has 2 aromatic carbocycles. The van der Waals surface area contributed by atoms with Crippen LogP contribution >= 0.6 is 11.6 Å². The van der Waals surface area contributed by atoms with Gasteiger partial charge in [0, 0.05) is 43.7 Å². The fourth-order valence-electron chi connectivity index (χ4n) is 8.74. The second-order valence-corrected chi connectivity index (χ2v) is 14.7. The van der Waals surface area contributed by atoms with Crippen LogP contribution in [-0.2, 0) is 36.5 Å². The summed E-state index contributed by atoms with van der Waals surface area (Å²) in [6.45, 7) is 3.43. The van der Waals surface area contributed by atoms with Gasteiger partial charge in [-0.05, 0) is 110 Å². The van der Waals surface area contributed by atoms with Gasteiger partial charge >= 0.3 is 5.97 Å². The molecule has 3 aliphatic heterocycles. The molecule has 1 N–H and O–H groups in total. The van der Waals surface area contributed by atoms with E-state index in [1.807, 2.05) is 18.2 Å². The Morgan fingerprint density at radius 2 is 2.00 bits per heavy atom. The van der Waals surface area contributed by atoms with Crippen LogP contribution < -0.4 is 9.64 Å². The summed E-state index contributed by atoms with van der Waals surface area (Å²) in [5.74, 6) is 1.01. The summed E-state index contributed by atoms with van der Waals surface area (Å²) < 4.78 is 18.2. The van der Waals surface area contributed by atoms with Crippen molar-refractivity contribution in [3.63, 3.8) is 0 Å². The third kappa shape index (κ3) is 5.61. The van der Waals surface area contributed by atoms with Crippen LogP contribution in [0.2, 0.25) is 5.02 Å². The number of aliphatic hydroxyl groups is 1. The number of hydrogen-bond donors (Lipinski definition) is 1. The number of methoxy groups -OCH3 is 1. The van der Waals surface area contributed by atoms with Crippen molar-refractivity contribution in [3.05, 3.63) is 58.1 Å². The Labute approximate surface area is 270 Å². The smallest absolute Gasteiger partial charge is 0.343 e. The lowest BCUT2D eigenvalue weighted by atomic mass is 9.67. The SMILES string of the molecule is COC(=O)[C@]1(O)CC(=O)N(C)CC[C@H]2CCO[C@@H](C2)[C@@H]2CC[C@H]2CN2C[C@@]3(CCCc4cc(Cl)ccc43)COc3ccc1cc32. The van der Waals surface area contributed by atoms with Crippen LogP contribution in [0.1, 0.15) is 68.1 Å². The van der Waals surface area contributed by atoms with Gasteiger partial charge < -0.3 is 29.1 Å². The second kappa shape index (κ2) is 12.1. The second-order valence-electron chi connectivity index (χ2n) is 14.2. The molecule has 1 amide bonds. The van der Waals surface area contributed by atoms with E-state index < -0.39 is 18.0 Å². The van der Waals surface area contributed by atoms with Crippen molar-refractivity contribution in [2.75, 3.05) is 51.9 Å². The fraction of sp³-hybridized carbons (Fsp3) is 0.611. The highest BCUT2D eigenvalue weighted by Gasteiger charge is 2.47. The Balaban J connectivity index is 1.33. The number of carbonyl (C=O) groups excluding carboxylic acids is 2. The number of ether oxygens (including phenoxy) is 3. The molecule has 0 aromatic heterocycles. The first-order valence-electron chi connectivity index (χ1n) is 16.7. The Morgan fingerprint density at radius 1 is 1.13 bits per heavy atom. The average molecular weight is 637 g/mol. The van der Waals surface area contributed by atoms with Gasteiger partial charge in [-0.25, -0.2) is 4.79 Å². The minimum atomic E-state index is -2.13. The maximum Gasteiger partial charge on any atom is 0.343 e. The van der Waals surface area contributed by atoms with Gasteiger partial charge in [-0.15, -0.1) is 0 Å². The molecule has 9 heteroatoms. The zero-order valence-corrected chi connectivity index (χ0v) is 27.2. The van der Waals surface area contributed by atoms with Crippen molar-refractivity contribution in [1.82, 2.24) is 4.90 Å². The van der Waals surface area contributed by atoms with Crippen molar-refractivity contribution in [3.8, 4) is 5.75 Å². The van der Waals surface area contributed by atoms with E-state index in [1.165, 1.54) is 18.2 Å². The monoisotopic (exact) mass is 636 g/mol. The van der Waals surface area contributed by atoms with E-state index in [4.69, 9.17) is 25.8 Å². The molecule has 0 radical (unpaired) electrons. The molecule has 2 aliphatic carbocycles. The zero-order valence-electron chi connectivity index (χ0n) is 26.4. The quantitative estimate of drug-likeness (QED) is 0.428. The van der Waals surface area contributed by atoms with E-state index in [0.29, 0.717) is 36.5 Å². The largest absolute Gasteiger partial charge is 0.490 e. The standard InChI is InChI=1S/C36H45ClN2O6/c1-38-14-11-23-12-15-44-32(16-23)28-8-5-25(28)20-39-21-35(13-3-4-24-17-27(37)7-9-29(24)35)22-45-31-10-6-26(18-30(31)39)36(42,19-33(38)40)34(41)43-2/h6-7,9-10,17-18,23,25,28,32,42H,3-5,8,11-16,19-22H2,1-2H3/t23-,25-,28+,32-,35-,36-/m0/s1. The highest BCUT2D eigenvalue weighted by molar-refractivity contribution is 6.30. The fourth-order valence-corrected chi connectivity index (χ4v) is 8.94. The van der Waals surface area contributed by atoms with Gasteiger partial charge in [-0.2, -0.15) is 0 Å². The lowest BCUT2D eigenvalue weighted by Crippen LogP contribution is -2.50. The van der Waals surface area contributed by atoms with E-state index >= 15 is 0 Å². The summed E-state index contributed by atoms with van der Waals surface area (Å²) >= 11 is 6.45. The molecule has 45 heavy (non-hydrogen) atoms. The van der Waals surface area contributed by atoms with Gasteiger partial charge in [0.2, 0.25) is 5.91 Å². The number of esters is 1. The third-order valence-corrected chi connectivity index (χ3v) is 11.8. The lowest BCUT2D eigenvalue weighted by molar-refractivity contribution is -0.168. The molecule has 242 valence electrons. The van der Waals surface area contributed by atoms with Gasteiger partial charge in [0.05, 0.1) is 31.9 Å². The minimum absolute atomic E-state index is 0.235. The predicted molar refractivity (Wildman–Crippen MR) is 172 cm³/mol. The van der Waals surface area contributed by atoms with Crippen LogP contribution in [0.3, 0.4) is 0 Å². The molecule has 4 bridgehead atoms. The molecule has 7 rings (SSSR count). The number of benzene rings is 2. The summed E-state index contributed by atoms with van der Waals surface area (Å²) in [5.41, 5.74) is 1.40. The predicted octanol–water partition coefficient (Wildman–Crippen LogP) is 5.25. The molecule has 1 spiro atoms. The van der Waals surface area contributed by atoms with Gasteiger partial charge in [-0.1, -0.05) is 23.7 Å². The van der Waals surface area contributed by atoms with Crippen LogP contribution in [0.15, 0.2) is 36.4 Å². The van der Waals surface area contributed by atoms with Crippen LogP contribution in [-0.4, -0.2) is 75.0 Å². The third-order valence-electron chi connectivity index (χ3n) is 11.6. The molecule has 0 unspecified atom stereocenters. The highest BCUT2D eigenvalue weighted by atomic mass is 35.5. The maximum absolute atomic E-state index is 13.5. The van der Waals surface area contributed by atoms with E-state index in [0.717, 1.165) is 87.5 Å². The first-order valence-corrected chi connectivity index (χ1v) is 17.0. The molecular formula is C36H45ClN2O6. The van der Waals surface area contributed by atoms with Gasteiger partial charge in [-0.3, -0.25) is 4.79 Å². The van der Waals surface area contributed by atoms with Crippen LogP contribution in [0.5, 0.6) is 5.75 Å². The van der Waals surface area contributed by atoms with Crippen molar-refractivity contribution < 1.29 is 28.9 Å². The summed E-state index contributed by atoms with van der Waals surface area (Å²) in [7, 11) is 3.00. The first kappa shape index (κ1) is 30.8. The van der Waals surface area contributed by atoms with Gasteiger partial charge in [0.1, 0.15) is 5.75 Å². The minimum Gasteiger partial charge on any atom is -0.490 e. The van der Waals surface area contributed by atoms with Crippen LogP contribution in [0.4, 0.5) is 5.69 Å². The van der Waals surface area contributed by atoms with E-state index in [9.17, 15) is 14.7 Å². The number of carbonyl (C=O) groups is 2. The number of rotatable bonds is 1. The van der Waals surface area contributed by atoms with Crippen LogP contribution in [0.25, 0.3) is 0 Å². The number of anilines is 1. The number of fused-ring (bicyclic) bond motifs is 7.